The Balaban J connectivity index is 3.05. The molecular weight excluding hydrogens is 206 g/mol. The molecule has 1 atom stereocenters. The van der Waals surface area contributed by atoms with Crippen LogP contribution in [0.15, 0.2) is 22.7 Å². The Morgan fingerprint density at radius 2 is 2.18 bits per heavy atom. The van der Waals surface area contributed by atoms with E-state index in [1.807, 2.05) is 13.0 Å². The topological polar surface area (TPSA) is 46.2 Å². The minimum atomic E-state index is -0.0333. The number of nitrogens with two attached hydrogens (primary N) is 1. The van der Waals surface area contributed by atoms with Crippen molar-refractivity contribution in [3.05, 3.63) is 28.2 Å². The Labute approximate surface area is 74.2 Å². The summed E-state index contributed by atoms with van der Waals surface area (Å²) in [5, 5.41) is 9.25. The second-order valence-electron chi connectivity index (χ2n) is 2.50. The SMILES string of the molecule is C[C@@H](N)c1ccc(Br)c(O)c1. The van der Waals surface area contributed by atoms with Crippen molar-refractivity contribution in [2.45, 2.75) is 13.0 Å². The van der Waals surface area contributed by atoms with Crippen LogP contribution in [-0.4, -0.2) is 5.11 Å². The molecule has 0 heterocycles. The maximum Gasteiger partial charge on any atom is 0.130 e. The van der Waals surface area contributed by atoms with Gasteiger partial charge in [-0.3, -0.25) is 0 Å². The molecule has 0 bridgehead atoms. The first-order valence-corrected chi connectivity index (χ1v) is 4.14. The second-order valence-corrected chi connectivity index (χ2v) is 3.35. The molecular formula is C8H10BrNO. The third-order valence-electron chi connectivity index (χ3n) is 1.50. The van der Waals surface area contributed by atoms with Crippen LogP contribution in [0.5, 0.6) is 5.75 Å². The lowest BCUT2D eigenvalue weighted by molar-refractivity contribution is 0.470. The van der Waals surface area contributed by atoms with Crippen LogP contribution >= 0.6 is 15.9 Å². The molecule has 11 heavy (non-hydrogen) atoms. The van der Waals surface area contributed by atoms with Crippen LogP contribution in [0.2, 0.25) is 0 Å². The number of hydrogen-bond acceptors (Lipinski definition) is 2. The van der Waals surface area contributed by atoms with E-state index in [-0.39, 0.29) is 11.8 Å². The summed E-state index contributed by atoms with van der Waals surface area (Å²) in [5.74, 6) is 0.236. The molecule has 60 valence electrons. The Hall–Kier alpha value is -0.540. The largest absolute Gasteiger partial charge is 0.507 e. The molecule has 0 saturated carbocycles. The van der Waals surface area contributed by atoms with Crippen LogP contribution in [0.25, 0.3) is 0 Å². The van der Waals surface area contributed by atoms with Crippen molar-refractivity contribution in [3.8, 4) is 5.75 Å². The van der Waals surface area contributed by atoms with Crippen LogP contribution < -0.4 is 5.73 Å². The maximum atomic E-state index is 9.25. The van der Waals surface area contributed by atoms with Crippen molar-refractivity contribution in [2.75, 3.05) is 0 Å². The first-order valence-electron chi connectivity index (χ1n) is 3.35. The van der Waals surface area contributed by atoms with Gasteiger partial charge in [0.2, 0.25) is 0 Å². The maximum absolute atomic E-state index is 9.25. The van der Waals surface area contributed by atoms with Crippen LogP contribution in [0.1, 0.15) is 18.5 Å². The highest BCUT2D eigenvalue weighted by Crippen LogP contribution is 2.26. The fraction of sp³-hybridized carbons (Fsp3) is 0.250. The summed E-state index contributed by atoms with van der Waals surface area (Å²) in [6, 6.07) is 5.30. The lowest BCUT2D eigenvalue weighted by Crippen LogP contribution is -2.04. The molecule has 1 aromatic carbocycles. The Kier molecular flexibility index (Phi) is 2.52. The highest BCUT2D eigenvalue weighted by atomic mass is 79.9. The molecule has 0 saturated heterocycles. The molecule has 0 aliphatic heterocycles. The van der Waals surface area contributed by atoms with Gasteiger partial charge in [0.15, 0.2) is 0 Å². The Morgan fingerprint density at radius 3 is 2.64 bits per heavy atom. The third kappa shape index (κ3) is 1.94. The predicted octanol–water partition coefficient (Wildman–Crippen LogP) is 2.17. The molecule has 0 spiro atoms. The van der Waals surface area contributed by atoms with Crippen LogP contribution in [0.3, 0.4) is 0 Å². The molecule has 0 fully saturated rings. The van der Waals surface area contributed by atoms with E-state index in [2.05, 4.69) is 15.9 Å². The van der Waals surface area contributed by atoms with Gasteiger partial charge in [-0.1, -0.05) is 6.07 Å². The van der Waals surface area contributed by atoms with Crippen LogP contribution in [0, 0.1) is 0 Å². The van der Waals surface area contributed by atoms with E-state index in [0.717, 1.165) is 5.56 Å². The van der Waals surface area contributed by atoms with Gasteiger partial charge in [0.05, 0.1) is 4.47 Å². The van der Waals surface area contributed by atoms with E-state index in [4.69, 9.17) is 5.73 Å². The minimum absolute atomic E-state index is 0.0333. The van der Waals surface area contributed by atoms with Gasteiger partial charge in [0.25, 0.3) is 0 Å². The summed E-state index contributed by atoms with van der Waals surface area (Å²) in [4.78, 5) is 0. The first kappa shape index (κ1) is 8.56. The van der Waals surface area contributed by atoms with Gasteiger partial charge in [-0.25, -0.2) is 0 Å². The van der Waals surface area contributed by atoms with Crippen molar-refractivity contribution in [1.82, 2.24) is 0 Å². The van der Waals surface area contributed by atoms with Crippen LogP contribution in [-0.2, 0) is 0 Å². The summed E-state index contributed by atoms with van der Waals surface area (Å²) in [6.07, 6.45) is 0. The minimum Gasteiger partial charge on any atom is -0.507 e. The van der Waals surface area contributed by atoms with Gasteiger partial charge in [0.1, 0.15) is 5.75 Å². The number of phenolic OH excluding ortho intramolecular Hbond substituents is 1. The summed E-state index contributed by atoms with van der Waals surface area (Å²) < 4.78 is 0.696. The fourth-order valence-electron chi connectivity index (χ4n) is 0.813. The van der Waals surface area contributed by atoms with Gasteiger partial charge >= 0.3 is 0 Å². The van der Waals surface area contributed by atoms with E-state index < -0.39 is 0 Å². The number of halogens is 1. The van der Waals surface area contributed by atoms with Crippen molar-refractivity contribution in [1.29, 1.82) is 0 Å². The zero-order chi connectivity index (χ0) is 8.43. The van der Waals surface area contributed by atoms with Crippen molar-refractivity contribution < 1.29 is 5.11 Å². The Bertz CT molecular complexity index is 260. The zero-order valence-corrected chi connectivity index (χ0v) is 7.80. The molecule has 2 nitrogen and oxygen atoms in total. The van der Waals surface area contributed by atoms with Crippen molar-refractivity contribution in [2.24, 2.45) is 5.73 Å². The van der Waals surface area contributed by atoms with E-state index >= 15 is 0 Å². The number of phenols is 1. The summed E-state index contributed by atoms with van der Waals surface area (Å²) in [5.41, 5.74) is 6.54. The summed E-state index contributed by atoms with van der Waals surface area (Å²) in [6.45, 7) is 1.88. The van der Waals surface area contributed by atoms with Crippen molar-refractivity contribution >= 4 is 15.9 Å². The van der Waals surface area contributed by atoms with Gasteiger partial charge in [-0.05, 0) is 40.5 Å². The second kappa shape index (κ2) is 3.24. The molecule has 0 aliphatic carbocycles. The number of benzene rings is 1. The van der Waals surface area contributed by atoms with Gasteiger partial charge in [-0.15, -0.1) is 0 Å². The van der Waals surface area contributed by atoms with Gasteiger partial charge in [0, 0.05) is 6.04 Å². The van der Waals surface area contributed by atoms with Crippen molar-refractivity contribution in [3.63, 3.8) is 0 Å². The normalized spacial score (nSPS) is 13.0. The Morgan fingerprint density at radius 1 is 1.55 bits per heavy atom. The number of hydrogen-bond donors (Lipinski definition) is 2. The summed E-state index contributed by atoms with van der Waals surface area (Å²) in [7, 11) is 0. The van der Waals surface area contributed by atoms with Gasteiger partial charge in [-0.2, -0.15) is 0 Å². The predicted molar refractivity (Wildman–Crippen MR) is 48.4 cm³/mol. The standard InChI is InChI=1S/C8H10BrNO/c1-5(10)6-2-3-7(9)8(11)4-6/h2-5,11H,10H2,1H3/t5-/m1/s1. The average Bonchev–Trinajstić information content (AvgIpc) is 1.94. The molecule has 3 N–H and O–H groups in total. The third-order valence-corrected chi connectivity index (χ3v) is 2.17. The molecule has 1 rings (SSSR count). The molecule has 0 unspecified atom stereocenters. The van der Waals surface area contributed by atoms with E-state index in [0.29, 0.717) is 4.47 Å². The number of aromatic hydroxyl groups is 1. The summed E-state index contributed by atoms with van der Waals surface area (Å²) >= 11 is 3.19. The molecule has 0 radical (unpaired) electrons. The monoisotopic (exact) mass is 215 g/mol. The van der Waals surface area contributed by atoms with E-state index in [1.54, 1.807) is 12.1 Å². The average molecular weight is 216 g/mol. The zero-order valence-electron chi connectivity index (χ0n) is 6.21. The highest BCUT2D eigenvalue weighted by Gasteiger charge is 2.02. The molecule has 1 aromatic rings. The first-order chi connectivity index (χ1) is 5.11. The molecule has 0 aliphatic rings. The fourth-order valence-corrected chi connectivity index (χ4v) is 1.06. The van der Waals surface area contributed by atoms with E-state index in [9.17, 15) is 5.11 Å². The molecule has 3 heteroatoms. The highest BCUT2D eigenvalue weighted by molar-refractivity contribution is 9.10. The number of rotatable bonds is 1. The lowest BCUT2D eigenvalue weighted by atomic mass is 10.1. The molecule has 0 amide bonds. The molecule has 0 aromatic heterocycles. The lowest BCUT2D eigenvalue weighted by Gasteiger charge is -2.05. The van der Waals surface area contributed by atoms with E-state index in [1.165, 1.54) is 0 Å². The van der Waals surface area contributed by atoms with Gasteiger partial charge < -0.3 is 10.8 Å². The quantitative estimate of drug-likeness (QED) is 0.755. The smallest absolute Gasteiger partial charge is 0.130 e. The van der Waals surface area contributed by atoms with Crippen LogP contribution in [0.4, 0.5) is 0 Å².